The van der Waals surface area contributed by atoms with Crippen molar-refractivity contribution in [2.45, 2.75) is 23.9 Å². The number of carbonyl (C=O) groups excluding carboxylic acids is 1. The highest BCUT2D eigenvalue weighted by molar-refractivity contribution is 8.00. The molecular weight excluding hydrogens is 314 g/mol. The number of ether oxygens (including phenoxy) is 1. The quantitative estimate of drug-likeness (QED) is 0.825. The summed E-state index contributed by atoms with van der Waals surface area (Å²) >= 11 is 1.21. The van der Waals surface area contributed by atoms with Gasteiger partial charge in [-0.2, -0.15) is 8.78 Å². The Labute approximate surface area is 129 Å². The Bertz CT molecular complexity index is 650. The van der Waals surface area contributed by atoms with E-state index in [4.69, 9.17) is 0 Å². The molecule has 0 spiro atoms. The first kappa shape index (κ1) is 16.2. The second-order valence-corrected chi connectivity index (χ2v) is 5.66. The zero-order chi connectivity index (χ0) is 16.1. The first-order chi connectivity index (χ1) is 10.5. The minimum Gasteiger partial charge on any atom is -0.433 e. The Morgan fingerprint density at radius 3 is 2.77 bits per heavy atom. The van der Waals surface area contributed by atoms with Crippen LogP contribution in [-0.2, 0) is 11.8 Å². The Kier molecular flexibility index (Phi) is 5.31. The van der Waals surface area contributed by atoms with Gasteiger partial charge in [0.15, 0.2) is 5.16 Å². The Morgan fingerprint density at radius 2 is 2.14 bits per heavy atom. The van der Waals surface area contributed by atoms with Gasteiger partial charge in [0.25, 0.3) is 0 Å². The van der Waals surface area contributed by atoms with Crippen LogP contribution in [0.2, 0.25) is 0 Å². The van der Waals surface area contributed by atoms with E-state index in [1.165, 1.54) is 30.2 Å². The smallest absolute Gasteiger partial charge is 0.387 e. The summed E-state index contributed by atoms with van der Waals surface area (Å²) in [6.45, 7) is -1.27. The molecule has 1 aromatic carbocycles. The second-order valence-electron chi connectivity index (χ2n) is 4.35. The number of hydrogen-bond donors (Lipinski definition) is 1. The Morgan fingerprint density at radius 1 is 1.41 bits per heavy atom. The Balaban J connectivity index is 2.04. The van der Waals surface area contributed by atoms with Crippen molar-refractivity contribution in [3.05, 3.63) is 30.6 Å². The highest BCUT2D eigenvalue weighted by Crippen LogP contribution is 2.27. The van der Waals surface area contributed by atoms with Crippen LogP contribution in [0.15, 0.2) is 35.7 Å². The number of hydrogen-bond acceptors (Lipinski definition) is 5. The molecule has 0 fully saturated rings. The van der Waals surface area contributed by atoms with Crippen molar-refractivity contribution >= 4 is 23.4 Å². The van der Waals surface area contributed by atoms with Crippen LogP contribution in [0, 0.1) is 0 Å². The third-order valence-corrected chi connectivity index (χ3v) is 3.83. The van der Waals surface area contributed by atoms with Crippen molar-refractivity contribution in [1.82, 2.24) is 14.8 Å². The summed E-state index contributed by atoms with van der Waals surface area (Å²) in [5, 5.41) is 10.3. The molecule has 2 aromatic rings. The van der Waals surface area contributed by atoms with E-state index in [0.717, 1.165) is 0 Å². The van der Waals surface area contributed by atoms with Gasteiger partial charge in [-0.1, -0.05) is 23.9 Å². The highest BCUT2D eigenvalue weighted by atomic mass is 32.2. The molecule has 22 heavy (non-hydrogen) atoms. The number of halogens is 2. The van der Waals surface area contributed by atoms with Gasteiger partial charge >= 0.3 is 6.61 Å². The van der Waals surface area contributed by atoms with E-state index in [0.29, 0.717) is 5.16 Å². The number of rotatable bonds is 6. The average molecular weight is 328 g/mol. The van der Waals surface area contributed by atoms with Gasteiger partial charge in [-0.15, -0.1) is 10.2 Å². The van der Waals surface area contributed by atoms with E-state index in [-0.39, 0.29) is 17.3 Å². The van der Waals surface area contributed by atoms with E-state index >= 15 is 0 Å². The number of alkyl halides is 2. The molecule has 1 N–H and O–H groups in total. The highest BCUT2D eigenvalue weighted by Gasteiger charge is 2.19. The van der Waals surface area contributed by atoms with E-state index in [1.807, 2.05) is 0 Å². The van der Waals surface area contributed by atoms with Crippen LogP contribution in [0.3, 0.4) is 0 Å². The third-order valence-electron chi connectivity index (χ3n) is 2.68. The lowest BCUT2D eigenvalue weighted by Gasteiger charge is -2.14. The maximum atomic E-state index is 12.3. The summed E-state index contributed by atoms with van der Waals surface area (Å²) in [5.74, 6) is -0.431. The van der Waals surface area contributed by atoms with E-state index in [9.17, 15) is 13.6 Å². The second kappa shape index (κ2) is 7.21. The lowest BCUT2D eigenvalue weighted by molar-refractivity contribution is -0.115. The van der Waals surface area contributed by atoms with Crippen LogP contribution < -0.4 is 10.1 Å². The first-order valence-corrected chi connectivity index (χ1v) is 7.20. The fourth-order valence-corrected chi connectivity index (χ4v) is 2.38. The number of aryl methyl sites for hydroxylation is 1. The van der Waals surface area contributed by atoms with Crippen LogP contribution in [-0.4, -0.2) is 32.5 Å². The monoisotopic (exact) mass is 328 g/mol. The molecule has 2 rings (SSSR count). The van der Waals surface area contributed by atoms with Crippen molar-refractivity contribution in [3.8, 4) is 5.75 Å². The summed E-state index contributed by atoms with van der Waals surface area (Å²) in [4.78, 5) is 12.2. The molecule has 0 aliphatic rings. The number of carbonyl (C=O) groups is 1. The van der Waals surface area contributed by atoms with Crippen molar-refractivity contribution in [3.63, 3.8) is 0 Å². The van der Waals surface area contributed by atoms with E-state index < -0.39 is 11.9 Å². The molecular formula is C13H14F2N4O2S. The van der Waals surface area contributed by atoms with E-state index in [2.05, 4.69) is 20.3 Å². The van der Waals surface area contributed by atoms with Gasteiger partial charge in [0.2, 0.25) is 5.91 Å². The predicted octanol–water partition coefficient (Wildman–Crippen LogP) is 2.54. The molecule has 1 heterocycles. The third kappa shape index (κ3) is 4.17. The van der Waals surface area contributed by atoms with Gasteiger partial charge in [0.1, 0.15) is 12.1 Å². The number of amides is 1. The number of benzene rings is 1. The maximum Gasteiger partial charge on any atom is 0.387 e. The van der Waals surface area contributed by atoms with Crippen LogP contribution in [0.25, 0.3) is 0 Å². The molecule has 0 saturated carbocycles. The molecule has 0 aliphatic carbocycles. The van der Waals surface area contributed by atoms with Crippen LogP contribution in [0.1, 0.15) is 6.92 Å². The normalized spacial score (nSPS) is 12.2. The minimum atomic E-state index is -2.96. The first-order valence-electron chi connectivity index (χ1n) is 6.32. The summed E-state index contributed by atoms with van der Waals surface area (Å²) in [7, 11) is 1.76. The lowest BCUT2D eigenvalue weighted by atomic mass is 10.3. The van der Waals surface area contributed by atoms with Gasteiger partial charge in [0.05, 0.1) is 10.9 Å². The number of anilines is 1. The zero-order valence-corrected chi connectivity index (χ0v) is 12.7. The largest absolute Gasteiger partial charge is 0.433 e. The lowest BCUT2D eigenvalue weighted by Crippen LogP contribution is -2.23. The number of para-hydroxylation sites is 2. The maximum absolute atomic E-state index is 12.3. The van der Waals surface area contributed by atoms with Crippen molar-refractivity contribution in [2.75, 3.05) is 5.32 Å². The molecule has 1 amide bonds. The molecule has 9 heteroatoms. The molecule has 6 nitrogen and oxygen atoms in total. The molecule has 0 aliphatic heterocycles. The predicted molar refractivity (Wildman–Crippen MR) is 78.0 cm³/mol. The fourth-order valence-electron chi connectivity index (χ4n) is 1.59. The Hall–Kier alpha value is -2.16. The van der Waals surface area contributed by atoms with Crippen LogP contribution in [0.4, 0.5) is 14.5 Å². The SMILES string of the molecule is CC(Sc1nncn1C)C(=O)Nc1ccccc1OC(F)F. The summed E-state index contributed by atoms with van der Waals surface area (Å²) in [5.41, 5.74) is 0.193. The van der Waals surface area contributed by atoms with E-state index in [1.54, 1.807) is 30.7 Å². The van der Waals surface area contributed by atoms with Crippen LogP contribution in [0.5, 0.6) is 5.75 Å². The van der Waals surface area contributed by atoms with Gasteiger partial charge in [-0.3, -0.25) is 4.79 Å². The number of nitrogens with zero attached hydrogens (tertiary/aromatic N) is 3. The van der Waals surface area contributed by atoms with Crippen molar-refractivity contribution < 1.29 is 18.3 Å². The van der Waals surface area contributed by atoms with Gasteiger partial charge < -0.3 is 14.6 Å². The van der Waals surface area contributed by atoms with Gasteiger partial charge in [0, 0.05) is 7.05 Å². The molecule has 1 unspecified atom stereocenters. The van der Waals surface area contributed by atoms with Crippen molar-refractivity contribution in [2.24, 2.45) is 7.05 Å². The standard InChI is InChI=1S/C13H14F2N4O2S/c1-8(22-13-18-16-7-19(13)2)11(20)17-9-5-3-4-6-10(9)21-12(14)15/h3-8,12H,1-2H3,(H,17,20). The average Bonchev–Trinajstić information content (AvgIpc) is 2.85. The summed E-state index contributed by atoms with van der Waals surface area (Å²) in [6.07, 6.45) is 1.53. The molecule has 0 bridgehead atoms. The molecule has 0 radical (unpaired) electrons. The molecule has 1 aromatic heterocycles. The number of aromatic nitrogens is 3. The number of thioether (sulfide) groups is 1. The van der Waals surface area contributed by atoms with Crippen LogP contribution >= 0.6 is 11.8 Å². The zero-order valence-electron chi connectivity index (χ0n) is 11.9. The molecule has 118 valence electrons. The number of nitrogens with one attached hydrogen (secondary N) is 1. The summed E-state index contributed by atoms with van der Waals surface area (Å²) < 4.78 is 30.7. The fraction of sp³-hybridized carbons (Fsp3) is 0.308. The van der Waals surface area contributed by atoms with Gasteiger partial charge in [-0.25, -0.2) is 0 Å². The molecule has 1 atom stereocenters. The topological polar surface area (TPSA) is 69.0 Å². The molecule has 0 saturated heterocycles. The minimum absolute atomic E-state index is 0.0818. The van der Waals surface area contributed by atoms with Gasteiger partial charge in [-0.05, 0) is 19.1 Å². The van der Waals surface area contributed by atoms with Crippen molar-refractivity contribution in [1.29, 1.82) is 0 Å². The summed E-state index contributed by atoms with van der Waals surface area (Å²) in [6, 6.07) is 6.02.